The van der Waals surface area contributed by atoms with Crippen LogP contribution in [0.25, 0.3) is 0 Å². The van der Waals surface area contributed by atoms with E-state index in [9.17, 15) is 13.2 Å². The van der Waals surface area contributed by atoms with E-state index < -0.39 is 9.84 Å². The van der Waals surface area contributed by atoms with Gasteiger partial charge in [-0.05, 0) is 37.9 Å². The molecule has 0 radical (unpaired) electrons. The molecule has 96 valence electrons. The molecule has 2 heterocycles. The Balaban J connectivity index is 1.76. The molecule has 0 aromatic rings. The fourth-order valence-corrected chi connectivity index (χ4v) is 3.53. The largest absolute Gasteiger partial charge is 0.349 e. The third-order valence-electron chi connectivity index (χ3n) is 3.15. The van der Waals surface area contributed by atoms with Gasteiger partial charge in [0.05, 0.1) is 11.8 Å². The molecule has 2 unspecified atom stereocenters. The van der Waals surface area contributed by atoms with Crippen molar-refractivity contribution in [2.45, 2.75) is 25.3 Å². The number of hydrogen-bond acceptors (Lipinski definition) is 4. The quantitative estimate of drug-likeness (QED) is 0.735. The number of carbonyl (C=O) groups excluding carboxylic acids is 1. The van der Waals surface area contributed by atoms with E-state index in [0.29, 0.717) is 12.3 Å². The van der Waals surface area contributed by atoms with Gasteiger partial charge in [0, 0.05) is 11.8 Å². The molecule has 2 atom stereocenters. The molecule has 0 saturated carbocycles. The van der Waals surface area contributed by atoms with Gasteiger partial charge in [0.15, 0.2) is 9.84 Å². The highest BCUT2D eigenvalue weighted by Gasteiger charge is 2.24. The van der Waals surface area contributed by atoms with Crippen LogP contribution in [0.2, 0.25) is 0 Å². The van der Waals surface area contributed by atoms with Crippen LogP contribution in [0.15, 0.2) is 11.5 Å². The van der Waals surface area contributed by atoms with Gasteiger partial charge in [-0.3, -0.25) is 4.79 Å². The van der Waals surface area contributed by atoms with E-state index >= 15 is 0 Å². The second-order valence-electron chi connectivity index (χ2n) is 4.75. The van der Waals surface area contributed by atoms with Crippen molar-refractivity contribution in [3.05, 3.63) is 11.5 Å². The molecule has 0 aliphatic carbocycles. The Morgan fingerprint density at radius 1 is 1.47 bits per heavy atom. The van der Waals surface area contributed by atoms with E-state index in [4.69, 9.17) is 0 Å². The van der Waals surface area contributed by atoms with Crippen LogP contribution in [0.1, 0.15) is 19.3 Å². The SMILES string of the molecule is O=C(CC1CCCNC1)NC1C=CS(=O)(=O)C1. The first kappa shape index (κ1) is 12.6. The molecular weight excluding hydrogens is 240 g/mol. The molecule has 0 aromatic carbocycles. The van der Waals surface area contributed by atoms with Crippen molar-refractivity contribution in [3.8, 4) is 0 Å². The molecule has 0 aromatic heterocycles. The summed E-state index contributed by atoms with van der Waals surface area (Å²) in [5.74, 6) is 0.331. The fraction of sp³-hybridized carbons (Fsp3) is 0.727. The van der Waals surface area contributed by atoms with E-state index in [1.165, 1.54) is 5.41 Å². The molecule has 2 N–H and O–H groups in total. The van der Waals surface area contributed by atoms with Crippen molar-refractivity contribution in [2.75, 3.05) is 18.8 Å². The number of rotatable bonds is 3. The Labute approximate surface area is 102 Å². The third-order valence-corrected chi connectivity index (χ3v) is 4.55. The molecular formula is C11H18N2O3S. The monoisotopic (exact) mass is 258 g/mol. The number of piperidine rings is 1. The predicted octanol–water partition coefficient (Wildman–Crippen LogP) is -0.197. The highest BCUT2D eigenvalue weighted by atomic mass is 32.2. The van der Waals surface area contributed by atoms with Gasteiger partial charge in [-0.1, -0.05) is 0 Å². The van der Waals surface area contributed by atoms with Gasteiger partial charge in [-0.15, -0.1) is 0 Å². The van der Waals surface area contributed by atoms with Gasteiger partial charge in [0.1, 0.15) is 0 Å². The number of hydrogen-bond donors (Lipinski definition) is 2. The lowest BCUT2D eigenvalue weighted by Gasteiger charge is -2.22. The molecule has 1 fully saturated rings. The highest BCUT2D eigenvalue weighted by Crippen LogP contribution is 2.14. The summed E-state index contributed by atoms with van der Waals surface area (Å²) < 4.78 is 22.3. The molecule has 1 amide bonds. The summed E-state index contributed by atoms with van der Waals surface area (Å²) >= 11 is 0. The van der Waals surface area contributed by atoms with Crippen LogP contribution >= 0.6 is 0 Å². The summed E-state index contributed by atoms with van der Waals surface area (Å²) in [4.78, 5) is 11.7. The van der Waals surface area contributed by atoms with Gasteiger partial charge in [0.25, 0.3) is 0 Å². The zero-order valence-electron chi connectivity index (χ0n) is 9.69. The summed E-state index contributed by atoms with van der Waals surface area (Å²) in [6.45, 7) is 1.91. The average Bonchev–Trinajstić information content (AvgIpc) is 2.59. The van der Waals surface area contributed by atoms with Crippen molar-refractivity contribution in [1.29, 1.82) is 0 Å². The van der Waals surface area contributed by atoms with Gasteiger partial charge < -0.3 is 10.6 Å². The molecule has 0 spiro atoms. The second-order valence-corrected chi connectivity index (χ2v) is 6.68. The van der Waals surface area contributed by atoms with Gasteiger partial charge in [-0.2, -0.15) is 0 Å². The van der Waals surface area contributed by atoms with E-state index in [-0.39, 0.29) is 17.7 Å². The van der Waals surface area contributed by atoms with Crippen molar-refractivity contribution in [3.63, 3.8) is 0 Å². The Hall–Kier alpha value is -0.880. The number of sulfone groups is 1. The van der Waals surface area contributed by atoms with E-state index in [0.717, 1.165) is 25.9 Å². The minimum atomic E-state index is -3.08. The molecule has 0 bridgehead atoms. The van der Waals surface area contributed by atoms with Crippen LogP contribution in [-0.2, 0) is 14.6 Å². The molecule has 2 rings (SSSR count). The zero-order valence-corrected chi connectivity index (χ0v) is 10.5. The Kier molecular flexibility index (Phi) is 3.83. The van der Waals surface area contributed by atoms with E-state index in [1.54, 1.807) is 6.08 Å². The number of carbonyl (C=O) groups is 1. The summed E-state index contributed by atoms with van der Waals surface area (Å²) in [6.07, 6.45) is 4.21. The van der Waals surface area contributed by atoms with E-state index in [1.807, 2.05) is 0 Å². The lowest BCUT2D eigenvalue weighted by molar-refractivity contribution is -0.122. The molecule has 2 aliphatic rings. The minimum absolute atomic E-state index is 0.00164. The summed E-state index contributed by atoms with van der Waals surface area (Å²) in [5, 5.41) is 7.19. The van der Waals surface area contributed by atoms with Crippen LogP contribution in [0, 0.1) is 5.92 Å². The minimum Gasteiger partial charge on any atom is -0.349 e. The first-order chi connectivity index (χ1) is 8.05. The molecule has 1 saturated heterocycles. The van der Waals surface area contributed by atoms with Gasteiger partial charge in [-0.25, -0.2) is 8.42 Å². The van der Waals surface area contributed by atoms with Crippen LogP contribution in [0.4, 0.5) is 0 Å². The Morgan fingerprint density at radius 2 is 2.29 bits per heavy atom. The number of nitrogens with one attached hydrogen (secondary N) is 2. The summed E-state index contributed by atoms with van der Waals surface area (Å²) in [5.41, 5.74) is 0. The first-order valence-electron chi connectivity index (χ1n) is 5.96. The van der Waals surface area contributed by atoms with Gasteiger partial charge in [0.2, 0.25) is 5.91 Å². The third kappa shape index (κ3) is 3.81. The van der Waals surface area contributed by atoms with Crippen molar-refractivity contribution >= 4 is 15.7 Å². The van der Waals surface area contributed by atoms with Crippen LogP contribution < -0.4 is 10.6 Å². The van der Waals surface area contributed by atoms with Crippen LogP contribution in [0.3, 0.4) is 0 Å². The first-order valence-corrected chi connectivity index (χ1v) is 7.68. The lowest BCUT2D eigenvalue weighted by atomic mass is 9.96. The average molecular weight is 258 g/mol. The number of amides is 1. The zero-order chi connectivity index (χ0) is 12.3. The van der Waals surface area contributed by atoms with E-state index in [2.05, 4.69) is 10.6 Å². The second kappa shape index (κ2) is 5.18. The summed E-state index contributed by atoms with van der Waals surface area (Å²) in [7, 11) is -3.08. The topological polar surface area (TPSA) is 75.3 Å². The normalized spacial score (nSPS) is 31.3. The molecule has 2 aliphatic heterocycles. The molecule has 5 nitrogen and oxygen atoms in total. The highest BCUT2D eigenvalue weighted by molar-refractivity contribution is 7.94. The fourth-order valence-electron chi connectivity index (χ4n) is 2.29. The molecule has 17 heavy (non-hydrogen) atoms. The maximum atomic E-state index is 11.7. The van der Waals surface area contributed by atoms with Crippen molar-refractivity contribution in [1.82, 2.24) is 10.6 Å². The Bertz CT molecular complexity index is 410. The maximum absolute atomic E-state index is 11.7. The van der Waals surface area contributed by atoms with Crippen molar-refractivity contribution in [2.24, 2.45) is 5.92 Å². The Morgan fingerprint density at radius 3 is 2.88 bits per heavy atom. The van der Waals surface area contributed by atoms with Crippen LogP contribution in [0.5, 0.6) is 0 Å². The summed E-state index contributed by atoms with van der Waals surface area (Å²) in [6, 6.07) is -0.343. The predicted molar refractivity (Wildman–Crippen MR) is 65.1 cm³/mol. The molecule has 6 heteroatoms. The maximum Gasteiger partial charge on any atom is 0.220 e. The van der Waals surface area contributed by atoms with Crippen molar-refractivity contribution < 1.29 is 13.2 Å². The lowest BCUT2D eigenvalue weighted by Crippen LogP contribution is -2.39. The van der Waals surface area contributed by atoms with Crippen LogP contribution in [-0.4, -0.2) is 39.2 Å². The smallest absolute Gasteiger partial charge is 0.220 e. The van der Waals surface area contributed by atoms with Gasteiger partial charge >= 0.3 is 0 Å². The standard InChI is InChI=1S/C11H18N2O3S/c14-11(6-9-2-1-4-12-7-9)13-10-3-5-17(15,16)8-10/h3,5,9-10,12H,1-2,4,6-8H2,(H,13,14).